The Balaban J connectivity index is 0.000000100. The molecule has 15 fully saturated rings. The minimum Gasteiger partial charge on any atom is -0.466 e. The van der Waals surface area contributed by atoms with Crippen LogP contribution in [0.4, 0.5) is 0 Å². The summed E-state index contributed by atoms with van der Waals surface area (Å²) >= 11 is 0. The predicted octanol–water partition coefficient (Wildman–Crippen LogP) is 9.44. The molecule has 25 atom stereocenters. The molecule has 5 saturated carbocycles. The molecular formula is C79H98O22. The maximum absolute atomic E-state index is 12.1. The average Bonchev–Trinajstić information content (AvgIpc) is 1.53. The van der Waals surface area contributed by atoms with Crippen LogP contribution < -0.4 is 0 Å². The summed E-state index contributed by atoms with van der Waals surface area (Å²) in [6, 6.07) is 0. The van der Waals surface area contributed by atoms with Gasteiger partial charge in [0, 0.05) is 96.5 Å². The molecule has 0 bridgehead atoms. The number of hydrogen-bond acceptors (Lipinski definition) is 22. The second kappa shape index (κ2) is 22.6. The number of allylic oxidation sites excluding steroid dienone is 5. The zero-order chi connectivity index (χ0) is 72.9. The molecule has 5 spiro atoms. The van der Waals surface area contributed by atoms with E-state index in [4.69, 9.17) is 47.4 Å². The Morgan fingerprint density at radius 2 is 0.505 bits per heavy atom. The van der Waals surface area contributed by atoms with Crippen LogP contribution in [0.15, 0.2) is 55.7 Å². The Morgan fingerprint density at radius 1 is 0.337 bits per heavy atom. The molecule has 0 aromatic rings. The molecular weight excluding hydrogens is 1300 g/mol. The van der Waals surface area contributed by atoms with Crippen molar-refractivity contribution in [3.05, 3.63) is 55.7 Å². The van der Waals surface area contributed by atoms with Crippen LogP contribution in [0.5, 0.6) is 0 Å². The lowest BCUT2D eigenvalue weighted by Gasteiger charge is -2.21. The topological polar surface area (TPSA) is 306 Å². The van der Waals surface area contributed by atoms with Gasteiger partial charge in [-0.1, -0.05) is 34.6 Å². The molecule has 0 aromatic heterocycles. The smallest absolute Gasteiger partial charge is 0.309 e. The first-order valence-corrected chi connectivity index (χ1v) is 37.1. The summed E-state index contributed by atoms with van der Waals surface area (Å²) in [6.45, 7) is 33.1. The molecule has 20 aliphatic rings. The van der Waals surface area contributed by atoms with Crippen molar-refractivity contribution in [2.75, 3.05) is 6.61 Å². The molecule has 20 rings (SSSR count). The lowest BCUT2D eigenvalue weighted by molar-refractivity contribution is -0.144. The molecule has 546 valence electrons. The fourth-order valence-electron chi connectivity index (χ4n) is 22.2. The third-order valence-corrected chi connectivity index (χ3v) is 29.2. The zero-order valence-electron chi connectivity index (χ0n) is 61.5. The number of carbonyl (C=O) groups is 11. The Bertz CT molecular complexity index is 3460. The third kappa shape index (κ3) is 9.58. The fraction of sp³-hybridized carbons (Fsp3) is 0.734. The Morgan fingerprint density at radius 3 is 0.644 bits per heavy atom. The predicted molar refractivity (Wildman–Crippen MR) is 354 cm³/mol. The summed E-state index contributed by atoms with van der Waals surface area (Å²) in [7, 11) is 0. The lowest BCUT2D eigenvalue weighted by atomic mass is 9.83. The first-order valence-electron chi connectivity index (χ1n) is 37.1. The minimum atomic E-state index is -0.460. The van der Waals surface area contributed by atoms with Gasteiger partial charge in [0.2, 0.25) is 0 Å². The van der Waals surface area contributed by atoms with Gasteiger partial charge in [-0.05, 0) is 168 Å². The summed E-state index contributed by atoms with van der Waals surface area (Å²) in [5.74, 6) is 0.538. The van der Waals surface area contributed by atoms with Crippen LogP contribution in [0.25, 0.3) is 0 Å². The van der Waals surface area contributed by atoms with E-state index in [-0.39, 0.29) is 182 Å². The van der Waals surface area contributed by atoms with E-state index in [1.165, 1.54) is 6.92 Å². The van der Waals surface area contributed by atoms with Crippen molar-refractivity contribution in [2.24, 2.45) is 59.2 Å². The van der Waals surface area contributed by atoms with Crippen LogP contribution >= 0.6 is 0 Å². The van der Waals surface area contributed by atoms with E-state index in [9.17, 15) is 52.7 Å². The Hall–Kier alpha value is -6.33. The third-order valence-electron chi connectivity index (χ3n) is 29.2. The van der Waals surface area contributed by atoms with Gasteiger partial charge in [0.1, 0.15) is 86.5 Å². The number of esters is 6. The first kappa shape index (κ1) is 70.3. The van der Waals surface area contributed by atoms with E-state index in [0.29, 0.717) is 38.7 Å². The van der Waals surface area contributed by atoms with E-state index in [2.05, 4.69) is 39.4 Å². The molecule has 10 saturated heterocycles. The van der Waals surface area contributed by atoms with E-state index < -0.39 is 28.0 Å². The molecule has 0 radical (unpaired) electrons. The lowest BCUT2D eigenvalue weighted by Crippen LogP contribution is -2.29. The van der Waals surface area contributed by atoms with Gasteiger partial charge in [0.15, 0.2) is 28.9 Å². The summed E-state index contributed by atoms with van der Waals surface area (Å²) in [5, 5.41) is 0. The van der Waals surface area contributed by atoms with Gasteiger partial charge < -0.3 is 52.1 Å². The fourth-order valence-corrected chi connectivity index (χ4v) is 22.2. The van der Waals surface area contributed by atoms with Crippen molar-refractivity contribution in [3.8, 4) is 0 Å². The van der Waals surface area contributed by atoms with Crippen molar-refractivity contribution < 1.29 is 105 Å². The van der Waals surface area contributed by atoms with Crippen LogP contribution in [-0.2, 0) is 105 Å². The maximum Gasteiger partial charge on any atom is 0.309 e. The molecule has 22 heteroatoms. The molecule has 22 nitrogen and oxygen atoms in total. The molecule has 10 heterocycles. The second-order valence-electron chi connectivity index (χ2n) is 34.2. The Labute approximate surface area is 589 Å². The summed E-state index contributed by atoms with van der Waals surface area (Å²) in [4.78, 5) is 130. The van der Waals surface area contributed by atoms with Gasteiger partial charge in [-0.3, -0.25) is 52.7 Å². The molecule has 10 aliphatic heterocycles. The number of Topliss-reactive ketones (excluding diaryl/α,β-unsaturated/α-hetero) is 5. The van der Waals surface area contributed by atoms with Crippen molar-refractivity contribution >= 4 is 64.7 Å². The average molecular weight is 1400 g/mol. The normalized spacial score (nSPS) is 48.8. The largest absolute Gasteiger partial charge is 0.466 e. The Kier molecular flexibility index (Phi) is 15.7. The maximum atomic E-state index is 12.1. The molecule has 0 amide bonds. The number of carbonyl (C=O) groups excluding carboxylic acids is 11. The van der Waals surface area contributed by atoms with Crippen LogP contribution in [0.2, 0.25) is 0 Å². The molecule has 0 aromatic carbocycles. The number of fused-ring (bicyclic) bond motifs is 10. The van der Waals surface area contributed by atoms with E-state index in [1.54, 1.807) is 6.92 Å². The molecule has 0 unspecified atom stereocenters. The van der Waals surface area contributed by atoms with E-state index in [1.807, 2.05) is 69.2 Å². The monoisotopic (exact) mass is 1400 g/mol. The van der Waals surface area contributed by atoms with Crippen molar-refractivity contribution in [1.29, 1.82) is 0 Å². The van der Waals surface area contributed by atoms with Crippen molar-refractivity contribution in [2.45, 2.75) is 301 Å². The first-order chi connectivity index (χ1) is 47.2. The highest BCUT2D eigenvalue weighted by atomic mass is 16.7. The molecule has 0 N–H and O–H groups in total. The number of ketones is 5. The number of rotatable bonds is 1. The SMILES string of the molecule is CC1=C2[C@H]3OC(=O)[C@@H](C)[C@@H]3CC[C@]3(C)O[C@]23CC1=O.CC1=C2[C@H]3OC(=O)[C@@H](C)[C@@H]3CC[C@]3(C)O[C@]23CC1=O.CC1=C2[C@H]3OC(=O)[C@@H](C)[C@@H]3CC[C@]3(C)O[C@]23CC1=O.CC1=C2[C@H]3OC(=O)[C@@H](C)[C@@H]3CC[C@]3(C)O[C@]23CC1=O.CC1=C2[C@H]3OC(=O)[C@@H](C)[C@@H]3CC[C@]3(C)O[C@]23CC1=O.CCOC(C)=O. The van der Waals surface area contributed by atoms with Crippen LogP contribution in [0.1, 0.15) is 214 Å². The zero-order valence-corrected chi connectivity index (χ0v) is 61.5. The van der Waals surface area contributed by atoms with Crippen molar-refractivity contribution in [1.82, 2.24) is 0 Å². The van der Waals surface area contributed by atoms with E-state index in [0.717, 1.165) is 120 Å². The van der Waals surface area contributed by atoms with Crippen LogP contribution in [-0.4, -0.2) is 158 Å². The molecule has 10 aliphatic carbocycles. The summed E-state index contributed by atoms with van der Waals surface area (Å²) in [5.41, 5.74) is 5.24. The van der Waals surface area contributed by atoms with Gasteiger partial charge in [-0.2, -0.15) is 0 Å². The van der Waals surface area contributed by atoms with E-state index >= 15 is 0 Å². The standard InChI is InChI=1S/5C15H18O4.C4H8O2/c5*1-7-9-4-5-14(3)15(19-14)6-10(16)8(2)11(15)12(9)18-13(7)17;1-3-6-4(2)5/h5*7,9,12H,4-6H2,1-3H3;3H2,1-2H3/t5*7-,9-,12-,14-,15+;/m00000./s1. The quantitative estimate of drug-likeness (QED) is 0.134. The summed E-state index contributed by atoms with van der Waals surface area (Å²) < 4.78 is 62.4. The van der Waals surface area contributed by atoms with Crippen molar-refractivity contribution in [3.63, 3.8) is 0 Å². The highest BCUT2D eigenvalue weighted by molar-refractivity contribution is 6.05. The summed E-state index contributed by atoms with van der Waals surface area (Å²) in [6.07, 6.45) is 10.1. The second-order valence-corrected chi connectivity index (χ2v) is 34.2. The van der Waals surface area contributed by atoms with Crippen LogP contribution in [0, 0.1) is 59.2 Å². The number of epoxide rings is 5. The highest BCUT2D eigenvalue weighted by Gasteiger charge is 2.81. The van der Waals surface area contributed by atoms with Crippen LogP contribution in [0.3, 0.4) is 0 Å². The minimum absolute atomic E-state index is 0.0702. The molecule has 101 heavy (non-hydrogen) atoms. The van der Waals surface area contributed by atoms with Gasteiger partial charge in [0.05, 0.1) is 36.2 Å². The number of ether oxygens (including phenoxy) is 11. The van der Waals surface area contributed by atoms with Gasteiger partial charge in [-0.15, -0.1) is 0 Å². The van der Waals surface area contributed by atoms with Gasteiger partial charge in [0.25, 0.3) is 0 Å². The van der Waals surface area contributed by atoms with Gasteiger partial charge in [-0.25, -0.2) is 0 Å². The number of hydrogen-bond donors (Lipinski definition) is 0. The van der Waals surface area contributed by atoms with Gasteiger partial charge >= 0.3 is 35.8 Å². The highest BCUT2D eigenvalue weighted by Crippen LogP contribution is 2.71.